The van der Waals surface area contributed by atoms with Crippen molar-refractivity contribution in [3.63, 3.8) is 0 Å². The first-order chi connectivity index (χ1) is 12.5. The van der Waals surface area contributed by atoms with Crippen molar-refractivity contribution in [2.75, 3.05) is 42.7 Å². The van der Waals surface area contributed by atoms with Crippen LogP contribution >= 0.6 is 7.37 Å². The summed E-state index contributed by atoms with van der Waals surface area (Å²) >= 11 is 0. The average Bonchev–Trinajstić information content (AvgIpc) is 2.71. The van der Waals surface area contributed by atoms with Gasteiger partial charge in [-0.15, -0.1) is 0 Å². The molecule has 0 fully saturated rings. The summed E-state index contributed by atoms with van der Waals surface area (Å²) < 4.78 is 33.7. The Balaban J connectivity index is 2.98. The van der Waals surface area contributed by atoms with E-state index in [0.29, 0.717) is 34.1 Å². The van der Waals surface area contributed by atoms with Gasteiger partial charge in [0.15, 0.2) is 7.37 Å². The molecule has 2 rings (SSSR count). The van der Waals surface area contributed by atoms with Crippen LogP contribution in [0, 0.1) is 0 Å². The highest BCUT2D eigenvalue weighted by Gasteiger charge is 2.48. The number of hydrogen-bond donors (Lipinski definition) is 0. The molecule has 2 aromatic carbocycles. The van der Waals surface area contributed by atoms with Crippen LogP contribution in [-0.4, -0.2) is 50.2 Å². The van der Waals surface area contributed by atoms with Crippen molar-refractivity contribution < 1.29 is 28.2 Å². The molecule has 1 atom stereocenters. The minimum Gasteiger partial charge on any atom is -0.490 e. The molecule has 0 aromatic heterocycles. The second-order valence-electron chi connectivity index (χ2n) is 5.19. The van der Waals surface area contributed by atoms with Crippen molar-refractivity contribution in [1.82, 2.24) is 0 Å². The maximum Gasteiger partial charge on any atom is 0.415 e. The summed E-state index contributed by atoms with van der Waals surface area (Å²) in [5.41, 5.74) is 0. The zero-order chi connectivity index (χ0) is 19.3. The van der Waals surface area contributed by atoms with E-state index in [9.17, 15) is 0 Å². The predicted octanol–water partition coefficient (Wildman–Crippen LogP) is 2.34. The molecule has 0 saturated carbocycles. The summed E-state index contributed by atoms with van der Waals surface area (Å²) in [6, 6.07) is 9.51. The second kappa shape index (κ2) is 8.52. The summed E-state index contributed by atoms with van der Waals surface area (Å²) in [5.74, 6) is 1.81. The van der Waals surface area contributed by atoms with E-state index in [0.717, 1.165) is 5.30 Å². The zero-order valence-corrected chi connectivity index (χ0v) is 16.8. The lowest BCUT2D eigenvalue weighted by Crippen LogP contribution is -2.27. The predicted molar refractivity (Wildman–Crippen MR) is 105 cm³/mol. The van der Waals surface area contributed by atoms with E-state index in [1.54, 1.807) is 7.11 Å². The molecule has 2 radical (unpaired) electrons. The smallest absolute Gasteiger partial charge is 0.415 e. The fraction of sp³-hybridized carbons (Fsp3) is 0.333. The van der Waals surface area contributed by atoms with Gasteiger partial charge in [-0.05, 0) is 12.1 Å². The van der Waals surface area contributed by atoms with Gasteiger partial charge in [-0.2, -0.15) is 0 Å². The second-order valence-corrected chi connectivity index (χ2v) is 7.84. The highest BCUT2D eigenvalue weighted by Crippen LogP contribution is 2.62. The van der Waals surface area contributed by atoms with Gasteiger partial charge in [0.1, 0.15) is 5.30 Å². The molecule has 6 nitrogen and oxygen atoms in total. The van der Waals surface area contributed by atoms with Crippen LogP contribution in [0.3, 0.4) is 0 Å². The van der Waals surface area contributed by atoms with Gasteiger partial charge in [-0.25, -0.2) is 4.52 Å². The van der Waals surface area contributed by atoms with Crippen LogP contribution in [0.25, 0.3) is 0 Å². The van der Waals surface area contributed by atoms with Crippen molar-refractivity contribution >= 4 is 25.5 Å². The molecule has 0 aliphatic heterocycles. The number of benzene rings is 2. The van der Waals surface area contributed by atoms with Crippen LogP contribution in [0.15, 0.2) is 30.3 Å². The minimum atomic E-state index is -2.84. The van der Waals surface area contributed by atoms with E-state index in [1.165, 1.54) is 35.5 Å². The average molecular weight is 377 g/mol. The quantitative estimate of drug-likeness (QED) is 0.520. The van der Waals surface area contributed by atoms with E-state index in [1.807, 2.05) is 30.3 Å². The SMILES string of the molecule is [B][P+](OC)(c1ccccc1)c1c(OC)c(OC)c(OC)c(OC)c1OC. The van der Waals surface area contributed by atoms with Gasteiger partial charge in [0, 0.05) is 0 Å². The third kappa shape index (κ3) is 3.17. The van der Waals surface area contributed by atoms with E-state index in [-0.39, 0.29) is 0 Å². The number of ether oxygens (including phenoxy) is 5. The van der Waals surface area contributed by atoms with Crippen molar-refractivity contribution in [3.05, 3.63) is 30.3 Å². The molecule has 2 aromatic rings. The molecule has 26 heavy (non-hydrogen) atoms. The highest BCUT2D eigenvalue weighted by atomic mass is 31.2. The molecule has 138 valence electrons. The summed E-state index contributed by atoms with van der Waals surface area (Å²) in [6.07, 6.45) is 0. The van der Waals surface area contributed by atoms with Crippen molar-refractivity contribution in [1.29, 1.82) is 0 Å². The lowest BCUT2D eigenvalue weighted by atomic mass is 10.2. The molecule has 8 heteroatoms. The molecule has 0 bridgehead atoms. The normalized spacial score (nSPS) is 12.8. The Labute approximate surface area is 156 Å². The Kier molecular flexibility index (Phi) is 6.62. The summed E-state index contributed by atoms with van der Waals surface area (Å²) in [4.78, 5) is 0. The molecule has 0 N–H and O–H groups in total. The van der Waals surface area contributed by atoms with Gasteiger partial charge < -0.3 is 23.7 Å². The third-order valence-corrected chi connectivity index (χ3v) is 6.75. The van der Waals surface area contributed by atoms with E-state index in [4.69, 9.17) is 35.8 Å². The number of rotatable bonds is 8. The maximum atomic E-state index is 6.81. The van der Waals surface area contributed by atoms with Gasteiger partial charge in [0.2, 0.25) is 34.1 Å². The van der Waals surface area contributed by atoms with Crippen molar-refractivity contribution in [2.45, 2.75) is 0 Å². The monoisotopic (exact) mass is 377 g/mol. The van der Waals surface area contributed by atoms with E-state index in [2.05, 4.69) is 0 Å². The lowest BCUT2D eigenvalue weighted by Gasteiger charge is -2.27. The number of hydrogen-bond acceptors (Lipinski definition) is 6. The first-order valence-corrected chi connectivity index (χ1v) is 9.54. The Morgan fingerprint density at radius 1 is 0.615 bits per heavy atom. The van der Waals surface area contributed by atoms with E-state index < -0.39 is 7.37 Å². The van der Waals surface area contributed by atoms with Crippen LogP contribution in [0.4, 0.5) is 0 Å². The Bertz CT molecular complexity index is 722. The topological polar surface area (TPSA) is 55.4 Å². The van der Waals surface area contributed by atoms with E-state index >= 15 is 0 Å². The molecule has 0 spiro atoms. The van der Waals surface area contributed by atoms with Crippen LogP contribution in [0.5, 0.6) is 28.7 Å². The molecule has 0 heterocycles. The molecular formula is C18H23BO6P+. The Morgan fingerprint density at radius 2 is 1.00 bits per heavy atom. The van der Waals surface area contributed by atoms with Crippen LogP contribution in [0.2, 0.25) is 0 Å². The maximum absolute atomic E-state index is 6.81. The lowest BCUT2D eigenvalue weighted by molar-refractivity contribution is 0.293. The first kappa shape index (κ1) is 20.2. The summed E-state index contributed by atoms with van der Waals surface area (Å²) in [5, 5.41) is 1.35. The molecular weight excluding hydrogens is 354 g/mol. The fourth-order valence-electron chi connectivity index (χ4n) is 2.84. The van der Waals surface area contributed by atoms with Gasteiger partial charge >= 0.3 is 7.57 Å². The standard InChI is InChI=1S/C18H23BO6P/c1-20-13-14(21-2)16(23-4)18(17(24-5)15(13)22-3)26(19,25-6)12-10-8-7-9-11-12/h7-11H,1-6H3/q+1. The van der Waals surface area contributed by atoms with Crippen molar-refractivity contribution in [2.24, 2.45) is 0 Å². The van der Waals surface area contributed by atoms with Gasteiger partial charge in [0.05, 0.1) is 42.7 Å². The molecule has 1 unspecified atom stereocenters. The van der Waals surface area contributed by atoms with Crippen LogP contribution in [0.1, 0.15) is 0 Å². The minimum absolute atomic E-state index is 0.350. The molecule has 0 amide bonds. The first-order valence-electron chi connectivity index (χ1n) is 7.77. The fourth-order valence-corrected chi connectivity index (χ4v) is 5.10. The Hall–Kier alpha value is -2.11. The van der Waals surface area contributed by atoms with Crippen LogP contribution in [-0.2, 0) is 4.52 Å². The summed E-state index contributed by atoms with van der Waals surface area (Å²) in [7, 11) is 13.1. The number of methoxy groups -OCH3 is 5. The molecule has 0 saturated heterocycles. The zero-order valence-electron chi connectivity index (χ0n) is 15.9. The van der Waals surface area contributed by atoms with Gasteiger partial charge in [-0.3, -0.25) is 0 Å². The van der Waals surface area contributed by atoms with Crippen molar-refractivity contribution in [3.8, 4) is 28.7 Å². The van der Waals surface area contributed by atoms with Gasteiger partial charge in [0.25, 0.3) is 0 Å². The molecule has 0 aliphatic rings. The Morgan fingerprint density at radius 3 is 1.35 bits per heavy atom. The molecule has 0 aliphatic carbocycles. The van der Waals surface area contributed by atoms with Crippen LogP contribution < -0.4 is 34.3 Å². The summed E-state index contributed by atoms with van der Waals surface area (Å²) in [6.45, 7) is 0. The third-order valence-electron chi connectivity index (χ3n) is 4.04. The highest BCUT2D eigenvalue weighted by molar-refractivity contribution is 8.05. The van der Waals surface area contributed by atoms with Gasteiger partial charge in [-0.1, -0.05) is 18.2 Å². The largest absolute Gasteiger partial charge is 0.490 e.